The third-order valence-corrected chi connectivity index (χ3v) is 7.04. The van der Waals surface area contributed by atoms with E-state index in [9.17, 15) is 9.59 Å². The van der Waals surface area contributed by atoms with Gasteiger partial charge in [-0.25, -0.2) is 0 Å². The number of benzene rings is 3. The predicted molar refractivity (Wildman–Crippen MR) is 131 cm³/mol. The summed E-state index contributed by atoms with van der Waals surface area (Å²) >= 11 is 13.8. The summed E-state index contributed by atoms with van der Waals surface area (Å²) in [4.78, 5) is 26.8. The number of fused-ring (bicyclic) bond motifs is 2. The topological polar surface area (TPSA) is 59.3 Å². The quantitative estimate of drug-likeness (QED) is 0.268. The summed E-state index contributed by atoms with van der Waals surface area (Å²) in [5.74, 6) is -0.661. The maximum atomic E-state index is 13.2. The first-order valence-corrected chi connectivity index (χ1v) is 11.3. The van der Waals surface area contributed by atoms with Gasteiger partial charge in [0, 0.05) is 26.1 Å². The Kier molecular flexibility index (Phi) is 5.25. The fourth-order valence-corrected chi connectivity index (χ4v) is 5.21. The lowest BCUT2D eigenvalue weighted by Crippen LogP contribution is -2.13. The zero-order valence-corrected chi connectivity index (χ0v) is 19.1. The summed E-state index contributed by atoms with van der Waals surface area (Å²) in [5.41, 5.74) is 2.34. The number of hydrogen-bond donors (Lipinski definition) is 1. The molecule has 0 radical (unpaired) electrons. The van der Waals surface area contributed by atoms with Crippen LogP contribution in [0.1, 0.15) is 31.4 Å². The van der Waals surface area contributed by atoms with Crippen molar-refractivity contribution in [2.45, 2.75) is 6.92 Å². The van der Waals surface area contributed by atoms with Gasteiger partial charge < -0.3 is 9.73 Å². The molecule has 5 rings (SSSR count). The van der Waals surface area contributed by atoms with E-state index in [4.69, 9.17) is 27.6 Å². The average Bonchev–Trinajstić information content (AvgIpc) is 3.31. The molecule has 0 aliphatic heterocycles. The molecule has 1 N–H and O–H groups in total. The molecule has 3 aromatic carbocycles. The van der Waals surface area contributed by atoms with Crippen molar-refractivity contribution in [3.8, 4) is 0 Å². The van der Waals surface area contributed by atoms with Crippen LogP contribution in [0.5, 0.6) is 0 Å². The highest BCUT2D eigenvalue weighted by Gasteiger charge is 2.25. The van der Waals surface area contributed by atoms with Gasteiger partial charge in [-0.05, 0) is 31.2 Å². The van der Waals surface area contributed by atoms with Crippen LogP contribution < -0.4 is 5.32 Å². The van der Waals surface area contributed by atoms with Crippen LogP contribution in [0.15, 0.2) is 71.1 Å². The van der Waals surface area contributed by atoms with Gasteiger partial charge in [0.1, 0.15) is 10.5 Å². The first-order valence-electron chi connectivity index (χ1n) is 9.74. The summed E-state index contributed by atoms with van der Waals surface area (Å²) in [6.45, 7) is 1.95. The largest absolute Gasteiger partial charge is 0.450 e. The zero-order chi connectivity index (χ0) is 22.4. The fraction of sp³-hybridized carbons (Fsp3) is 0.0400. The van der Waals surface area contributed by atoms with Gasteiger partial charge in [0.2, 0.25) is 5.78 Å². The maximum absolute atomic E-state index is 13.2. The molecule has 1 amide bonds. The predicted octanol–water partition coefficient (Wildman–Crippen LogP) is 7.75. The van der Waals surface area contributed by atoms with E-state index in [0.717, 1.165) is 15.6 Å². The summed E-state index contributed by atoms with van der Waals surface area (Å²) in [6.07, 6.45) is 0. The molecule has 0 fully saturated rings. The molecule has 5 aromatic rings. The molecule has 0 saturated carbocycles. The smallest absolute Gasteiger partial charge is 0.267 e. The maximum Gasteiger partial charge on any atom is 0.267 e. The Balaban J connectivity index is 1.59. The molecular weight excluding hydrogens is 465 g/mol. The molecule has 158 valence electrons. The van der Waals surface area contributed by atoms with Crippen LogP contribution in [0.25, 0.3) is 21.1 Å². The van der Waals surface area contributed by atoms with Gasteiger partial charge in [0.05, 0.1) is 10.7 Å². The number of rotatable bonds is 4. The van der Waals surface area contributed by atoms with Crippen molar-refractivity contribution in [3.05, 3.63) is 98.5 Å². The first kappa shape index (κ1) is 20.8. The number of para-hydroxylation sites is 1. The molecule has 0 saturated heterocycles. The van der Waals surface area contributed by atoms with Crippen molar-refractivity contribution in [3.63, 3.8) is 0 Å². The van der Waals surface area contributed by atoms with E-state index in [1.807, 2.05) is 31.2 Å². The van der Waals surface area contributed by atoms with Gasteiger partial charge in [-0.2, -0.15) is 0 Å². The summed E-state index contributed by atoms with van der Waals surface area (Å²) in [5, 5.41) is 5.16. The number of anilines is 1. The molecule has 0 aliphatic carbocycles. The monoisotopic (exact) mass is 479 g/mol. The molecule has 2 heterocycles. The van der Waals surface area contributed by atoms with E-state index in [1.165, 1.54) is 11.3 Å². The highest BCUT2D eigenvalue weighted by molar-refractivity contribution is 7.21. The minimum atomic E-state index is -0.420. The van der Waals surface area contributed by atoms with E-state index in [-0.39, 0.29) is 11.5 Å². The molecule has 0 atom stereocenters. The number of thiophene rings is 1. The molecule has 32 heavy (non-hydrogen) atoms. The Morgan fingerprint density at radius 2 is 1.69 bits per heavy atom. The van der Waals surface area contributed by atoms with Crippen LogP contribution >= 0.6 is 34.5 Å². The number of amides is 1. The minimum Gasteiger partial charge on any atom is -0.450 e. The lowest BCUT2D eigenvalue weighted by Gasteiger charge is -2.06. The average molecular weight is 480 g/mol. The molecule has 4 nitrogen and oxygen atoms in total. The van der Waals surface area contributed by atoms with E-state index in [0.29, 0.717) is 37.1 Å². The van der Waals surface area contributed by atoms with E-state index < -0.39 is 5.91 Å². The van der Waals surface area contributed by atoms with Gasteiger partial charge in [-0.15, -0.1) is 11.3 Å². The van der Waals surface area contributed by atoms with Crippen molar-refractivity contribution in [1.82, 2.24) is 0 Å². The van der Waals surface area contributed by atoms with Gasteiger partial charge in [-0.1, -0.05) is 71.2 Å². The highest BCUT2D eigenvalue weighted by atomic mass is 35.5. The van der Waals surface area contributed by atoms with E-state index >= 15 is 0 Å². The van der Waals surface area contributed by atoms with Crippen molar-refractivity contribution < 1.29 is 14.0 Å². The third kappa shape index (κ3) is 3.58. The Morgan fingerprint density at radius 3 is 2.47 bits per heavy atom. The molecule has 7 heteroatoms. The van der Waals surface area contributed by atoms with Crippen LogP contribution in [0.3, 0.4) is 0 Å². The number of halogens is 2. The number of furan rings is 1. The van der Waals surface area contributed by atoms with Crippen LogP contribution in [0, 0.1) is 6.92 Å². The zero-order valence-electron chi connectivity index (χ0n) is 16.7. The lowest BCUT2D eigenvalue weighted by atomic mass is 10.1. The van der Waals surface area contributed by atoms with Gasteiger partial charge in [0.15, 0.2) is 5.76 Å². The van der Waals surface area contributed by atoms with Crippen LogP contribution in [0.4, 0.5) is 5.69 Å². The van der Waals surface area contributed by atoms with Crippen LogP contribution in [-0.4, -0.2) is 11.7 Å². The van der Waals surface area contributed by atoms with E-state index in [2.05, 4.69) is 5.32 Å². The number of ketones is 1. The van der Waals surface area contributed by atoms with Gasteiger partial charge in [0.25, 0.3) is 5.91 Å². The second-order valence-corrected chi connectivity index (χ2v) is 9.20. The first-order chi connectivity index (χ1) is 15.4. The second kappa shape index (κ2) is 8.10. The highest BCUT2D eigenvalue weighted by Crippen LogP contribution is 2.38. The minimum absolute atomic E-state index is 0.0729. The number of carbonyl (C=O) groups is 2. The van der Waals surface area contributed by atoms with Gasteiger partial charge in [-0.3, -0.25) is 9.59 Å². The Hall–Kier alpha value is -3.12. The summed E-state index contributed by atoms with van der Waals surface area (Å²) in [7, 11) is 0. The Morgan fingerprint density at radius 1 is 0.938 bits per heavy atom. The Bertz CT molecular complexity index is 1520. The van der Waals surface area contributed by atoms with Crippen molar-refractivity contribution >= 4 is 73.0 Å². The van der Waals surface area contributed by atoms with Crippen LogP contribution in [0.2, 0.25) is 10.0 Å². The molecule has 2 aromatic heterocycles. The standard InChI is InChI=1S/C25H15Cl2NO3S/c1-13-6-8-14(9-7-13)22(29)23-21(16-4-2-3-5-18(16)31-23)28-25(30)24-20(27)17-11-10-15(26)12-19(17)32-24/h2-12H,1H3,(H,28,30). The lowest BCUT2D eigenvalue weighted by molar-refractivity contribution is 0.101. The van der Waals surface area contributed by atoms with Crippen molar-refractivity contribution in [2.24, 2.45) is 0 Å². The molecule has 0 spiro atoms. The summed E-state index contributed by atoms with van der Waals surface area (Å²) in [6, 6.07) is 19.7. The summed E-state index contributed by atoms with van der Waals surface area (Å²) < 4.78 is 6.68. The molecule has 0 unspecified atom stereocenters. The SMILES string of the molecule is Cc1ccc(C(=O)c2oc3ccccc3c2NC(=O)c2sc3cc(Cl)ccc3c2Cl)cc1. The number of carbonyl (C=O) groups excluding carboxylic acids is 2. The molecule has 0 bridgehead atoms. The van der Waals surface area contributed by atoms with Crippen molar-refractivity contribution in [2.75, 3.05) is 5.32 Å². The normalized spacial score (nSPS) is 11.2. The van der Waals surface area contributed by atoms with E-state index in [1.54, 1.807) is 42.5 Å². The fourth-order valence-electron chi connectivity index (χ4n) is 3.52. The second-order valence-electron chi connectivity index (χ2n) is 7.34. The number of nitrogens with one attached hydrogen (secondary N) is 1. The number of hydrogen-bond acceptors (Lipinski definition) is 4. The number of aryl methyl sites for hydroxylation is 1. The van der Waals surface area contributed by atoms with Crippen LogP contribution in [-0.2, 0) is 0 Å². The molecule has 0 aliphatic rings. The van der Waals surface area contributed by atoms with Crippen molar-refractivity contribution in [1.29, 1.82) is 0 Å². The van der Waals surface area contributed by atoms with Gasteiger partial charge >= 0.3 is 0 Å². The Labute approximate surface area is 197 Å². The third-order valence-electron chi connectivity index (χ3n) is 5.15. The molecular formula is C25H15Cl2NO3S.